The average molecular weight is 491 g/mol. The van der Waals surface area contributed by atoms with Crippen molar-refractivity contribution < 1.29 is 17.9 Å². The molecule has 0 radical (unpaired) electrons. The van der Waals surface area contributed by atoms with Crippen LogP contribution in [-0.2, 0) is 22.9 Å². The van der Waals surface area contributed by atoms with Crippen LogP contribution in [0.4, 0.5) is 5.69 Å². The first-order valence-electron chi connectivity index (χ1n) is 12.1. The van der Waals surface area contributed by atoms with E-state index in [0.29, 0.717) is 49.0 Å². The minimum absolute atomic E-state index is 0.109. The highest BCUT2D eigenvalue weighted by atomic mass is 32.2. The van der Waals surface area contributed by atoms with Crippen LogP contribution in [0.15, 0.2) is 77.7 Å². The molecule has 0 aromatic heterocycles. The van der Waals surface area contributed by atoms with Gasteiger partial charge in [-0.1, -0.05) is 48.5 Å². The molecule has 1 fully saturated rings. The molecule has 0 bridgehead atoms. The van der Waals surface area contributed by atoms with E-state index < -0.39 is 10.0 Å². The molecule has 2 heterocycles. The molecule has 0 aliphatic carbocycles. The molecule has 0 unspecified atom stereocenters. The second-order valence-electron chi connectivity index (χ2n) is 9.24. The van der Waals surface area contributed by atoms with Gasteiger partial charge in [-0.2, -0.15) is 0 Å². The Balaban J connectivity index is 1.34. The molecule has 0 spiro atoms. The standard InChI is InChI=1S/C28H30N2O4S/c1-34-27-12-11-24(35(32,33)30-18-15-23-9-5-6-10-26(23)30)20-25(27)28(31)29-16-13-22(14-17-29)19-21-7-3-2-4-8-21/h2-12,20,22H,13-19H2,1H3. The first-order valence-corrected chi connectivity index (χ1v) is 13.5. The summed E-state index contributed by atoms with van der Waals surface area (Å²) in [6, 6.07) is 22.6. The van der Waals surface area contributed by atoms with Crippen LogP contribution in [0.1, 0.15) is 34.3 Å². The van der Waals surface area contributed by atoms with Crippen LogP contribution in [0, 0.1) is 5.92 Å². The quantitative estimate of drug-likeness (QED) is 0.509. The fourth-order valence-corrected chi connectivity index (χ4v) is 6.69. The first kappa shape index (κ1) is 23.4. The summed E-state index contributed by atoms with van der Waals surface area (Å²) in [5.74, 6) is 0.742. The number of rotatable bonds is 6. The first-order chi connectivity index (χ1) is 17.0. The summed E-state index contributed by atoms with van der Waals surface area (Å²) in [5.41, 5.74) is 3.33. The predicted molar refractivity (Wildman–Crippen MR) is 136 cm³/mol. The lowest BCUT2D eigenvalue weighted by atomic mass is 9.90. The molecule has 7 heteroatoms. The number of para-hydroxylation sites is 1. The van der Waals surface area contributed by atoms with E-state index in [4.69, 9.17) is 4.74 Å². The smallest absolute Gasteiger partial charge is 0.264 e. The third-order valence-electron chi connectivity index (χ3n) is 7.10. The zero-order valence-corrected chi connectivity index (χ0v) is 20.7. The second kappa shape index (κ2) is 9.74. The number of piperidine rings is 1. The van der Waals surface area contributed by atoms with Gasteiger partial charge in [-0.05, 0) is 67.0 Å². The fraction of sp³-hybridized carbons (Fsp3) is 0.321. The third kappa shape index (κ3) is 4.65. The molecular weight excluding hydrogens is 460 g/mol. The predicted octanol–water partition coefficient (Wildman–Crippen LogP) is 4.54. The number of hydrogen-bond donors (Lipinski definition) is 0. The van der Waals surface area contributed by atoms with Crippen LogP contribution in [0.3, 0.4) is 0 Å². The molecule has 6 nitrogen and oxygen atoms in total. The molecule has 182 valence electrons. The summed E-state index contributed by atoms with van der Waals surface area (Å²) in [6.45, 7) is 1.69. The van der Waals surface area contributed by atoms with Gasteiger partial charge in [0.1, 0.15) is 5.75 Å². The number of hydrogen-bond acceptors (Lipinski definition) is 4. The van der Waals surface area contributed by atoms with Gasteiger partial charge in [-0.25, -0.2) is 8.42 Å². The zero-order valence-electron chi connectivity index (χ0n) is 19.9. The Morgan fingerprint density at radius 3 is 2.40 bits per heavy atom. The third-order valence-corrected chi connectivity index (χ3v) is 8.91. The summed E-state index contributed by atoms with van der Waals surface area (Å²) in [6.07, 6.45) is 3.53. The van der Waals surface area contributed by atoms with Gasteiger partial charge in [0.25, 0.3) is 15.9 Å². The van der Waals surface area contributed by atoms with Gasteiger partial charge in [0.2, 0.25) is 0 Å². The van der Waals surface area contributed by atoms with E-state index in [9.17, 15) is 13.2 Å². The molecule has 35 heavy (non-hydrogen) atoms. The SMILES string of the molecule is COc1ccc(S(=O)(=O)N2CCc3ccccc32)cc1C(=O)N1CCC(Cc2ccccc2)CC1. The minimum Gasteiger partial charge on any atom is -0.496 e. The highest BCUT2D eigenvalue weighted by molar-refractivity contribution is 7.92. The van der Waals surface area contributed by atoms with Crippen LogP contribution < -0.4 is 9.04 Å². The molecule has 5 rings (SSSR count). The van der Waals surface area contributed by atoms with Crippen molar-refractivity contribution in [2.75, 3.05) is 31.0 Å². The Labute approximate surface area is 207 Å². The normalized spacial score (nSPS) is 16.3. The topological polar surface area (TPSA) is 66.9 Å². The highest BCUT2D eigenvalue weighted by Crippen LogP contribution is 2.34. The summed E-state index contributed by atoms with van der Waals surface area (Å²) >= 11 is 0. The number of likely N-dealkylation sites (tertiary alicyclic amines) is 1. The Morgan fingerprint density at radius 2 is 1.66 bits per heavy atom. The lowest BCUT2D eigenvalue weighted by Crippen LogP contribution is -2.39. The molecule has 2 aliphatic heterocycles. The van der Waals surface area contributed by atoms with Gasteiger partial charge in [-0.3, -0.25) is 9.10 Å². The van der Waals surface area contributed by atoms with Crippen molar-refractivity contribution in [2.45, 2.75) is 30.6 Å². The van der Waals surface area contributed by atoms with Crippen LogP contribution in [0.25, 0.3) is 0 Å². The summed E-state index contributed by atoms with van der Waals surface area (Å²) < 4.78 is 33.9. The van der Waals surface area contributed by atoms with Gasteiger partial charge >= 0.3 is 0 Å². The number of carbonyl (C=O) groups is 1. The van der Waals surface area contributed by atoms with Gasteiger partial charge in [0, 0.05) is 19.6 Å². The molecule has 0 atom stereocenters. The number of nitrogens with zero attached hydrogens (tertiary/aromatic N) is 2. The molecule has 3 aromatic rings. The summed E-state index contributed by atoms with van der Waals surface area (Å²) in [7, 11) is -2.30. The Bertz CT molecular complexity index is 1320. The van der Waals surface area contributed by atoms with Crippen molar-refractivity contribution in [3.05, 3.63) is 89.5 Å². The average Bonchev–Trinajstić information content (AvgIpc) is 3.34. The summed E-state index contributed by atoms with van der Waals surface area (Å²) in [4.78, 5) is 15.4. The molecule has 1 saturated heterocycles. The van der Waals surface area contributed by atoms with Crippen molar-refractivity contribution in [2.24, 2.45) is 5.92 Å². The van der Waals surface area contributed by atoms with E-state index in [1.54, 1.807) is 6.07 Å². The number of ether oxygens (including phenoxy) is 1. The zero-order chi connectivity index (χ0) is 24.4. The van der Waals surface area contributed by atoms with E-state index in [0.717, 1.165) is 24.8 Å². The second-order valence-corrected chi connectivity index (χ2v) is 11.1. The maximum absolute atomic E-state index is 13.5. The van der Waals surface area contributed by atoms with Crippen LogP contribution in [0.5, 0.6) is 5.75 Å². The molecular formula is C28H30N2O4S. The molecule has 0 saturated carbocycles. The van der Waals surface area contributed by atoms with E-state index in [1.807, 2.05) is 35.2 Å². The Morgan fingerprint density at radius 1 is 0.943 bits per heavy atom. The summed E-state index contributed by atoms with van der Waals surface area (Å²) in [5, 5.41) is 0. The van der Waals surface area contributed by atoms with Gasteiger partial charge < -0.3 is 9.64 Å². The van der Waals surface area contributed by atoms with Gasteiger partial charge in [-0.15, -0.1) is 0 Å². The van der Waals surface area contributed by atoms with Crippen molar-refractivity contribution in [1.29, 1.82) is 0 Å². The maximum atomic E-state index is 13.5. The number of methoxy groups -OCH3 is 1. The highest BCUT2D eigenvalue weighted by Gasteiger charge is 2.32. The number of carbonyl (C=O) groups excluding carboxylic acids is 1. The van der Waals surface area contributed by atoms with E-state index >= 15 is 0 Å². The van der Waals surface area contributed by atoms with Crippen molar-refractivity contribution in [1.82, 2.24) is 4.90 Å². The molecule has 0 N–H and O–H groups in total. The number of sulfonamides is 1. The van der Waals surface area contributed by atoms with Gasteiger partial charge in [0.15, 0.2) is 0 Å². The lowest BCUT2D eigenvalue weighted by Gasteiger charge is -2.32. The fourth-order valence-electron chi connectivity index (χ4n) is 5.16. The van der Waals surface area contributed by atoms with Crippen molar-refractivity contribution in [3.63, 3.8) is 0 Å². The Hall–Kier alpha value is -3.32. The number of amides is 1. The number of fused-ring (bicyclic) bond motifs is 1. The van der Waals surface area contributed by atoms with E-state index in [-0.39, 0.29) is 10.8 Å². The lowest BCUT2D eigenvalue weighted by molar-refractivity contribution is 0.0687. The van der Waals surface area contributed by atoms with Crippen molar-refractivity contribution >= 4 is 21.6 Å². The van der Waals surface area contributed by atoms with Crippen molar-refractivity contribution in [3.8, 4) is 5.75 Å². The Kier molecular flexibility index (Phi) is 6.52. The maximum Gasteiger partial charge on any atom is 0.264 e. The number of anilines is 1. The number of benzene rings is 3. The largest absolute Gasteiger partial charge is 0.496 e. The van der Waals surface area contributed by atoms with Gasteiger partial charge in [0.05, 0.1) is 23.3 Å². The van der Waals surface area contributed by atoms with E-state index in [2.05, 4.69) is 24.3 Å². The molecule has 2 aliphatic rings. The van der Waals surface area contributed by atoms with Crippen LogP contribution in [-0.4, -0.2) is 46.0 Å². The van der Waals surface area contributed by atoms with E-state index in [1.165, 1.54) is 29.1 Å². The van der Waals surface area contributed by atoms with Crippen LogP contribution >= 0.6 is 0 Å². The van der Waals surface area contributed by atoms with Crippen LogP contribution in [0.2, 0.25) is 0 Å². The molecule has 3 aromatic carbocycles. The molecule has 1 amide bonds. The monoisotopic (exact) mass is 490 g/mol. The minimum atomic E-state index is -3.80.